The van der Waals surface area contributed by atoms with E-state index in [9.17, 15) is 35.5 Å². The van der Waals surface area contributed by atoms with Crippen LogP contribution in [0.15, 0.2) is 54.4 Å². The molecule has 0 saturated carbocycles. The van der Waals surface area contributed by atoms with E-state index in [0.29, 0.717) is 18.2 Å². The third kappa shape index (κ3) is 4.22. The molecule has 9 heteroatoms. The van der Waals surface area contributed by atoms with E-state index in [2.05, 4.69) is 0 Å². The van der Waals surface area contributed by atoms with Gasteiger partial charge in [0, 0.05) is 11.1 Å². The Hall–Kier alpha value is -2.84. The minimum absolute atomic E-state index is 0.419. The first-order valence-corrected chi connectivity index (χ1v) is 6.96. The molecule has 2 nitrogen and oxygen atoms in total. The van der Waals surface area contributed by atoms with Crippen LogP contribution in [0.2, 0.25) is 0 Å². The maximum Gasteiger partial charge on any atom is 0.416 e. The number of ketones is 1. The number of benzene rings is 2. The van der Waals surface area contributed by atoms with Gasteiger partial charge in [-0.3, -0.25) is 4.79 Å². The van der Waals surface area contributed by atoms with Gasteiger partial charge in [0.2, 0.25) is 5.78 Å². The molecule has 0 aliphatic heterocycles. The monoisotopic (exact) mass is 377 g/mol. The highest BCUT2D eigenvalue weighted by molar-refractivity contribution is 6.11. The molecule has 2 aromatic carbocycles. The molecule has 0 aliphatic carbocycles. The van der Waals surface area contributed by atoms with E-state index in [-0.39, 0.29) is 0 Å². The zero-order valence-corrected chi connectivity index (χ0v) is 12.8. The third-order valence-electron chi connectivity index (χ3n) is 3.39. The van der Waals surface area contributed by atoms with Gasteiger partial charge in [-0.25, -0.2) is 4.39 Å². The van der Waals surface area contributed by atoms with E-state index in [4.69, 9.17) is 5.73 Å². The van der Waals surface area contributed by atoms with Crippen molar-refractivity contribution in [1.29, 1.82) is 0 Å². The van der Waals surface area contributed by atoms with E-state index >= 15 is 0 Å². The van der Waals surface area contributed by atoms with Crippen LogP contribution in [0.3, 0.4) is 0 Å². The molecule has 138 valence electrons. The Morgan fingerprint density at radius 2 is 1.19 bits per heavy atom. The van der Waals surface area contributed by atoms with Crippen molar-refractivity contribution in [2.24, 2.45) is 5.73 Å². The lowest BCUT2D eigenvalue weighted by molar-refractivity contribution is -0.138. The molecular weight excluding hydrogens is 367 g/mol. The van der Waals surface area contributed by atoms with Crippen LogP contribution >= 0.6 is 0 Å². The van der Waals surface area contributed by atoms with Crippen molar-refractivity contribution in [1.82, 2.24) is 0 Å². The highest BCUT2D eigenvalue weighted by atomic mass is 19.4. The number of alkyl halides is 6. The molecule has 26 heavy (non-hydrogen) atoms. The zero-order valence-electron chi connectivity index (χ0n) is 12.8. The second-order valence-corrected chi connectivity index (χ2v) is 5.21. The molecule has 0 unspecified atom stereocenters. The highest BCUT2D eigenvalue weighted by Gasteiger charge is 2.32. The number of hydrogen-bond donors (Lipinski definition) is 1. The lowest BCUT2D eigenvalue weighted by Gasteiger charge is -2.10. The largest absolute Gasteiger partial charge is 0.416 e. The molecule has 0 spiro atoms. The van der Waals surface area contributed by atoms with Crippen LogP contribution in [0.25, 0.3) is 5.70 Å². The van der Waals surface area contributed by atoms with Gasteiger partial charge in [0.05, 0.1) is 16.8 Å². The summed E-state index contributed by atoms with van der Waals surface area (Å²) >= 11 is 0. The lowest BCUT2D eigenvalue weighted by atomic mass is 10.0. The van der Waals surface area contributed by atoms with E-state index in [1.807, 2.05) is 0 Å². The first kappa shape index (κ1) is 19.5. The number of halogens is 7. The van der Waals surface area contributed by atoms with Gasteiger partial charge in [0.25, 0.3) is 0 Å². The van der Waals surface area contributed by atoms with Gasteiger partial charge in [0.1, 0.15) is 0 Å². The third-order valence-corrected chi connectivity index (χ3v) is 3.39. The molecule has 0 radical (unpaired) electrons. The smallest absolute Gasteiger partial charge is 0.396 e. The average molecular weight is 377 g/mol. The van der Waals surface area contributed by atoms with Crippen LogP contribution in [0, 0.1) is 0 Å². The number of carbonyl (C=O) groups is 1. The van der Waals surface area contributed by atoms with E-state index in [1.54, 1.807) is 0 Å². The van der Waals surface area contributed by atoms with Crippen molar-refractivity contribution in [2.75, 3.05) is 0 Å². The second kappa shape index (κ2) is 6.81. The summed E-state index contributed by atoms with van der Waals surface area (Å²) in [6.45, 7) is 0. The van der Waals surface area contributed by atoms with Crippen molar-refractivity contribution in [3.05, 3.63) is 76.6 Å². The zero-order chi connectivity index (χ0) is 19.7. The van der Waals surface area contributed by atoms with Crippen LogP contribution in [0.4, 0.5) is 30.7 Å². The predicted octanol–water partition coefficient (Wildman–Crippen LogP) is 5.20. The SMILES string of the molecule is N/C(=C(/F)C(=O)c1cccc(C(F)(F)F)c1)c1cccc(C(F)(F)F)c1. The molecule has 0 atom stereocenters. The van der Waals surface area contributed by atoms with Gasteiger partial charge in [-0.05, 0) is 24.3 Å². The van der Waals surface area contributed by atoms with Crippen molar-refractivity contribution in [3.8, 4) is 0 Å². The Bertz CT molecular complexity index is 866. The number of carbonyl (C=O) groups excluding carboxylic acids is 1. The quantitative estimate of drug-likeness (QED) is 0.454. The summed E-state index contributed by atoms with van der Waals surface area (Å²) in [5, 5.41) is 0. The first-order valence-electron chi connectivity index (χ1n) is 6.96. The normalized spacial score (nSPS) is 13.3. The standard InChI is InChI=1S/C17H10F7NO/c18-13(14(25)9-3-1-5-11(7-9)16(19,20)21)15(26)10-4-2-6-12(8-10)17(22,23)24/h1-8H,25H2/b14-13+. The molecular formula is C17H10F7NO. The number of rotatable bonds is 3. The summed E-state index contributed by atoms with van der Waals surface area (Å²) in [4.78, 5) is 12.0. The van der Waals surface area contributed by atoms with Crippen molar-refractivity contribution in [2.45, 2.75) is 12.4 Å². The Balaban J connectivity index is 2.44. The molecule has 0 saturated heterocycles. The summed E-state index contributed by atoms with van der Waals surface area (Å²) in [6, 6.07) is 6.24. The lowest BCUT2D eigenvalue weighted by Crippen LogP contribution is -2.11. The first-order chi connectivity index (χ1) is 11.9. The maximum atomic E-state index is 14.3. The van der Waals surface area contributed by atoms with Crippen LogP contribution < -0.4 is 5.73 Å². The van der Waals surface area contributed by atoms with Crippen LogP contribution in [0.5, 0.6) is 0 Å². The second-order valence-electron chi connectivity index (χ2n) is 5.21. The van der Waals surface area contributed by atoms with Gasteiger partial charge >= 0.3 is 12.4 Å². The Morgan fingerprint density at radius 1 is 0.769 bits per heavy atom. The molecule has 2 N–H and O–H groups in total. The fourth-order valence-corrected chi connectivity index (χ4v) is 2.08. The Labute approximate surface area is 142 Å². The van der Waals surface area contributed by atoms with Crippen LogP contribution in [-0.2, 0) is 12.4 Å². The molecule has 0 amide bonds. The van der Waals surface area contributed by atoms with Crippen molar-refractivity contribution < 1.29 is 35.5 Å². The predicted molar refractivity (Wildman–Crippen MR) is 79.4 cm³/mol. The summed E-state index contributed by atoms with van der Waals surface area (Å²) in [6.07, 6.45) is -9.46. The molecule has 0 fully saturated rings. The number of nitrogens with two attached hydrogens (primary N) is 1. The van der Waals surface area contributed by atoms with Gasteiger partial charge in [-0.2, -0.15) is 26.3 Å². The summed E-state index contributed by atoms with van der Waals surface area (Å²) in [7, 11) is 0. The molecule has 0 aliphatic rings. The maximum absolute atomic E-state index is 14.3. The average Bonchev–Trinajstić information content (AvgIpc) is 2.58. The van der Waals surface area contributed by atoms with E-state index < -0.39 is 51.9 Å². The summed E-state index contributed by atoms with van der Waals surface area (Å²) in [5.41, 5.74) is 1.17. The Kier molecular flexibility index (Phi) is 5.11. The van der Waals surface area contributed by atoms with Gasteiger partial charge in [-0.1, -0.05) is 24.3 Å². The Morgan fingerprint density at radius 3 is 1.65 bits per heavy atom. The van der Waals surface area contributed by atoms with Crippen molar-refractivity contribution in [3.63, 3.8) is 0 Å². The van der Waals surface area contributed by atoms with Crippen LogP contribution in [-0.4, -0.2) is 5.78 Å². The molecule has 0 heterocycles. The van der Waals surface area contributed by atoms with Gasteiger partial charge in [0.15, 0.2) is 5.83 Å². The molecule has 0 aromatic heterocycles. The summed E-state index contributed by atoms with van der Waals surface area (Å²) < 4.78 is 90.3. The molecule has 2 aromatic rings. The van der Waals surface area contributed by atoms with Crippen LogP contribution in [0.1, 0.15) is 27.0 Å². The molecule has 2 rings (SSSR count). The fraction of sp³-hybridized carbons (Fsp3) is 0.118. The fourth-order valence-electron chi connectivity index (χ4n) is 2.08. The topological polar surface area (TPSA) is 43.1 Å². The molecule has 0 bridgehead atoms. The van der Waals surface area contributed by atoms with Crippen molar-refractivity contribution >= 4 is 11.5 Å². The number of hydrogen-bond acceptors (Lipinski definition) is 2. The van der Waals surface area contributed by atoms with Gasteiger partial charge in [-0.15, -0.1) is 0 Å². The number of allylic oxidation sites excluding steroid dienone is 1. The summed E-state index contributed by atoms with van der Waals surface area (Å²) in [5.74, 6) is -3.12. The minimum atomic E-state index is -4.75. The number of Topliss-reactive ketones (excluding diaryl/α,β-unsaturated/α-hetero) is 1. The van der Waals surface area contributed by atoms with E-state index in [0.717, 1.165) is 30.3 Å². The minimum Gasteiger partial charge on any atom is -0.396 e. The van der Waals surface area contributed by atoms with Gasteiger partial charge < -0.3 is 5.73 Å². The van der Waals surface area contributed by atoms with E-state index in [1.165, 1.54) is 0 Å². The highest BCUT2D eigenvalue weighted by Crippen LogP contribution is 2.32.